The summed E-state index contributed by atoms with van der Waals surface area (Å²) in [6.45, 7) is 2.35. The summed E-state index contributed by atoms with van der Waals surface area (Å²) in [5.41, 5.74) is -0.136. The molecule has 2 heterocycles. The van der Waals surface area contributed by atoms with E-state index in [4.69, 9.17) is 5.11 Å². The van der Waals surface area contributed by atoms with Crippen molar-refractivity contribution < 1.29 is 5.11 Å². The Balaban J connectivity index is 2.17. The van der Waals surface area contributed by atoms with Crippen LogP contribution >= 0.6 is 22.6 Å². The Morgan fingerprint density at radius 1 is 1.61 bits per heavy atom. The van der Waals surface area contributed by atoms with E-state index >= 15 is 0 Å². The zero-order chi connectivity index (χ0) is 13.0. The maximum absolute atomic E-state index is 11.6. The SMILES string of the molecule is O=c1[nH]cnc(N(CCO)CC2CCCN2)c1I. The second-order valence-electron chi connectivity index (χ2n) is 4.33. The second kappa shape index (κ2) is 6.48. The molecule has 0 saturated carbocycles. The molecule has 1 fully saturated rings. The van der Waals surface area contributed by atoms with Gasteiger partial charge in [0, 0.05) is 19.1 Å². The molecule has 0 radical (unpaired) electrons. The Hall–Kier alpha value is -0.670. The number of anilines is 1. The van der Waals surface area contributed by atoms with Crippen molar-refractivity contribution in [2.24, 2.45) is 0 Å². The Morgan fingerprint density at radius 2 is 2.44 bits per heavy atom. The molecular weight excluding hydrogens is 347 g/mol. The lowest BCUT2D eigenvalue weighted by atomic mass is 10.2. The molecule has 3 N–H and O–H groups in total. The van der Waals surface area contributed by atoms with E-state index < -0.39 is 0 Å². The Morgan fingerprint density at radius 3 is 3.11 bits per heavy atom. The third kappa shape index (κ3) is 3.21. The van der Waals surface area contributed by atoms with Crippen molar-refractivity contribution in [1.82, 2.24) is 15.3 Å². The summed E-state index contributed by atoms with van der Waals surface area (Å²) in [7, 11) is 0. The van der Waals surface area contributed by atoms with Crippen LogP contribution in [-0.2, 0) is 0 Å². The Kier molecular flexibility index (Phi) is 4.95. The summed E-state index contributed by atoms with van der Waals surface area (Å²) in [5.74, 6) is 0.655. The third-order valence-electron chi connectivity index (χ3n) is 3.05. The van der Waals surface area contributed by atoms with Gasteiger partial charge in [-0.05, 0) is 42.0 Å². The molecule has 1 aromatic heterocycles. The van der Waals surface area contributed by atoms with Crippen LogP contribution in [0.3, 0.4) is 0 Å². The number of aromatic amines is 1. The zero-order valence-corrected chi connectivity index (χ0v) is 12.2. The molecule has 0 aromatic carbocycles. The average molecular weight is 364 g/mol. The standard InChI is InChI=1S/C11H17IN4O2/c12-9-10(14-7-15-11(9)18)16(4-5-17)6-8-2-1-3-13-8/h7-8,13,17H,1-6H2,(H,14,15,18). The molecule has 1 unspecified atom stereocenters. The summed E-state index contributed by atoms with van der Waals surface area (Å²) >= 11 is 2.00. The number of aliphatic hydroxyl groups excluding tert-OH is 1. The van der Waals surface area contributed by atoms with Crippen molar-refractivity contribution in [2.75, 3.05) is 31.1 Å². The van der Waals surface area contributed by atoms with Gasteiger partial charge in [-0.25, -0.2) is 4.98 Å². The van der Waals surface area contributed by atoms with Gasteiger partial charge in [-0.1, -0.05) is 0 Å². The van der Waals surface area contributed by atoms with Crippen LogP contribution in [0.2, 0.25) is 0 Å². The molecule has 1 aliphatic rings. The molecule has 1 aliphatic heterocycles. The van der Waals surface area contributed by atoms with E-state index in [9.17, 15) is 4.79 Å². The van der Waals surface area contributed by atoms with Gasteiger partial charge in [0.15, 0.2) is 0 Å². The van der Waals surface area contributed by atoms with Crippen LogP contribution in [0.5, 0.6) is 0 Å². The number of halogens is 1. The summed E-state index contributed by atoms with van der Waals surface area (Å²) in [4.78, 5) is 20.3. The molecule has 0 amide bonds. The fourth-order valence-corrected chi connectivity index (χ4v) is 2.81. The minimum Gasteiger partial charge on any atom is -0.395 e. The lowest BCUT2D eigenvalue weighted by Crippen LogP contribution is -2.40. The maximum atomic E-state index is 11.6. The molecule has 0 aliphatic carbocycles. The van der Waals surface area contributed by atoms with Gasteiger partial charge < -0.3 is 20.3 Å². The summed E-state index contributed by atoms with van der Waals surface area (Å²) < 4.78 is 0.571. The van der Waals surface area contributed by atoms with E-state index in [2.05, 4.69) is 15.3 Å². The Bertz CT molecular complexity index is 445. The smallest absolute Gasteiger partial charge is 0.266 e. The quantitative estimate of drug-likeness (QED) is 0.638. The minimum absolute atomic E-state index is 0.0529. The molecule has 100 valence electrons. The van der Waals surface area contributed by atoms with Crippen LogP contribution < -0.4 is 15.8 Å². The van der Waals surface area contributed by atoms with Gasteiger partial charge in [0.05, 0.1) is 12.9 Å². The van der Waals surface area contributed by atoms with Gasteiger partial charge in [0.25, 0.3) is 5.56 Å². The molecule has 1 atom stereocenters. The fraction of sp³-hybridized carbons (Fsp3) is 0.636. The van der Waals surface area contributed by atoms with Gasteiger partial charge in [0.2, 0.25) is 0 Å². The molecule has 6 nitrogen and oxygen atoms in total. The number of nitrogens with one attached hydrogen (secondary N) is 2. The maximum Gasteiger partial charge on any atom is 0.266 e. The van der Waals surface area contributed by atoms with Crippen LogP contribution in [0.1, 0.15) is 12.8 Å². The van der Waals surface area contributed by atoms with Gasteiger partial charge in [-0.15, -0.1) is 0 Å². The van der Waals surface area contributed by atoms with Crippen LogP contribution in [0.4, 0.5) is 5.82 Å². The summed E-state index contributed by atoms with van der Waals surface area (Å²) in [6.07, 6.45) is 3.71. The van der Waals surface area contributed by atoms with E-state index in [1.54, 1.807) is 0 Å². The van der Waals surface area contributed by atoms with Crippen molar-refractivity contribution in [3.05, 3.63) is 20.3 Å². The lowest BCUT2D eigenvalue weighted by molar-refractivity contribution is 0.300. The normalized spacial score (nSPS) is 19.1. The number of aromatic nitrogens is 2. The molecule has 1 saturated heterocycles. The first-order chi connectivity index (χ1) is 8.72. The second-order valence-corrected chi connectivity index (χ2v) is 5.41. The molecular formula is C11H17IN4O2. The highest BCUT2D eigenvalue weighted by Crippen LogP contribution is 2.17. The lowest BCUT2D eigenvalue weighted by Gasteiger charge is -2.26. The first-order valence-corrected chi connectivity index (χ1v) is 7.12. The first kappa shape index (κ1) is 13.8. The minimum atomic E-state index is -0.136. The van der Waals surface area contributed by atoms with Crippen molar-refractivity contribution in [3.63, 3.8) is 0 Å². The van der Waals surface area contributed by atoms with Crippen molar-refractivity contribution >= 4 is 28.4 Å². The van der Waals surface area contributed by atoms with E-state index in [0.29, 0.717) is 22.0 Å². The first-order valence-electron chi connectivity index (χ1n) is 6.04. The fourth-order valence-electron chi connectivity index (χ4n) is 2.18. The number of nitrogens with zero attached hydrogens (tertiary/aromatic N) is 2. The number of hydrogen-bond donors (Lipinski definition) is 3. The van der Waals surface area contributed by atoms with E-state index in [1.165, 1.54) is 12.7 Å². The molecule has 7 heteroatoms. The molecule has 1 aromatic rings. The monoisotopic (exact) mass is 364 g/mol. The van der Waals surface area contributed by atoms with Gasteiger partial charge in [0.1, 0.15) is 9.39 Å². The number of rotatable bonds is 5. The predicted octanol–water partition coefficient (Wildman–Crippen LogP) is -0.0748. The van der Waals surface area contributed by atoms with E-state index in [1.807, 2.05) is 27.5 Å². The molecule has 2 rings (SSSR count). The van der Waals surface area contributed by atoms with E-state index in [-0.39, 0.29) is 12.2 Å². The molecule has 0 spiro atoms. The van der Waals surface area contributed by atoms with Crippen LogP contribution in [0.25, 0.3) is 0 Å². The summed E-state index contributed by atoms with van der Waals surface area (Å²) in [5, 5.41) is 12.6. The highest BCUT2D eigenvalue weighted by Gasteiger charge is 2.20. The number of aliphatic hydroxyl groups is 1. The zero-order valence-electron chi connectivity index (χ0n) is 10.0. The van der Waals surface area contributed by atoms with E-state index in [0.717, 1.165) is 19.5 Å². The third-order valence-corrected chi connectivity index (χ3v) is 4.02. The molecule has 0 bridgehead atoms. The van der Waals surface area contributed by atoms with Gasteiger partial charge in [-0.2, -0.15) is 0 Å². The van der Waals surface area contributed by atoms with Gasteiger partial charge in [-0.3, -0.25) is 4.79 Å². The summed E-state index contributed by atoms with van der Waals surface area (Å²) in [6, 6.07) is 0.411. The molecule has 18 heavy (non-hydrogen) atoms. The number of H-pyrrole nitrogens is 1. The van der Waals surface area contributed by atoms with Crippen LogP contribution in [0.15, 0.2) is 11.1 Å². The predicted molar refractivity (Wildman–Crippen MR) is 77.9 cm³/mol. The largest absolute Gasteiger partial charge is 0.395 e. The Labute approximate surface area is 119 Å². The van der Waals surface area contributed by atoms with Crippen molar-refractivity contribution in [1.29, 1.82) is 0 Å². The number of hydrogen-bond acceptors (Lipinski definition) is 5. The topological polar surface area (TPSA) is 81.2 Å². The highest BCUT2D eigenvalue weighted by molar-refractivity contribution is 14.1. The highest BCUT2D eigenvalue weighted by atomic mass is 127. The van der Waals surface area contributed by atoms with Crippen LogP contribution in [-0.4, -0.2) is 47.4 Å². The van der Waals surface area contributed by atoms with Crippen LogP contribution in [0, 0.1) is 3.57 Å². The van der Waals surface area contributed by atoms with Crippen molar-refractivity contribution in [2.45, 2.75) is 18.9 Å². The average Bonchev–Trinajstić information content (AvgIpc) is 2.85. The van der Waals surface area contributed by atoms with Crippen molar-refractivity contribution in [3.8, 4) is 0 Å². The van der Waals surface area contributed by atoms with Gasteiger partial charge >= 0.3 is 0 Å².